The van der Waals surface area contributed by atoms with Crippen molar-refractivity contribution in [1.82, 2.24) is 14.9 Å². The summed E-state index contributed by atoms with van der Waals surface area (Å²) < 4.78 is 7.73. The van der Waals surface area contributed by atoms with Crippen molar-refractivity contribution in [2.24, 2.45) is 5.92 Å². The Hall–Kier alpha value is -3.55. The molecule has 0 aliphatic carbocycles. The number of fused-ring (bicyclic) bond motifs is 1. The number of rotatable bonds is 13. The van der Waals surface area contributed by atoms with E-state index in [1.807, 2.05) is 60.8 Å². The molecule has 0 aliphatic rings. The summed E-state index contributed by atoms with van der Waals surface area (Å²) >= 11 is 0. The van der Waals surface area contributed by atoms with Gasteiger partial charge in [-0.25, -0.2) is 0 Å². The number of carbonyl (C=O) groups excluding carboxylic acids is 1. The fourth-order valence-corrected chi connectivity index (χ4v) is 4.31. The van der Waals surface area contributed by atoms with Gasteiger partial charge < -0.3 is 19.5 Å². The molecule has 0 saturated heterocycles. The van der Waals surface area contributed by atoms with Crippen molar-refractivity contribution >= 4 is 47.2 Å². The van der Waals surface area contributed by atoms with Crippen molar-refractivity contribution in [3.8, 4) is 5.75 Å². The Morgan fingerprint density at radius 3 is 2.38 bits per heavy atom. The Labute approximate surface area is 248 Å². The largest absolute Gasteiger partial charge is 0.494 e. The van der Waals surface area contributed by atoms with Crippen LogP contribution in [0.3, 0.4) is 0 Å². The van der Waals surface area contributed by atoms with Gasteiger partial charge in [-0.2, -0.15) is 0 Å². The van der Waals surface area contributed by atoms with Gasteiger partial charge >= 0.3 is 0 Å². The van der Waals surface area contributed by atoms with Gasteiger partial charge in [-0.1, -0.05) is 32.0 Å². The number of amides is 1. The number of anilines is 1. The third kappa shape index (κ3) is 9.28. The van der Waals surface area contributed by atoms with E-state index in [1.165, 1.54) is 0 Å². The van der Waals surface area contributed by atoms with Crippen molar-refractivity contribution in [1.29, 1.82) is 0 Å². The molecule has 1 amide bonds. The number of aromatic nitrogens is 2. The molecular weight excluding hydrogens is 547 g/mol. The molecule has 2 aromatic heterocycles. The maximum atomic E-state index is 12.8. The molecule has 0 unspecified atom stereocenters. The van der Waals surface area contributed by atoms with E-state index < -0.39 is 0 Å². The molecule has 214 valence electrons. The molecule has 0 spiro atoms. The first kappa shape index (κ1) is 32.7. The third-order valence-corrected chi connectivity index (χ3v) is 6.37. The van der Waals surface area contributed by atoms with Crippen LogP contribution in [-0.2, 0) is 6.54 Å². The van der Waals surface area contributed by atoms with Gasteiger partial charge in [0.15, 0.2) is 0 Å². The summed E-state index contributed by atoms with van der Waals surface area (Å²) in [6, 6.07) is 21.0. The summed E-state index contributed by atoms with van der Waals surface area (Å²) in [5.41, 5.74) is 1.78. The molecule has 4 aromatic rings. The number of nitrogens with zero attached hydrogens (tertiary/aromatic N) is 3. The molecule has 0 fully saturated rings. The summed E-state index contributed by atoms with van der Waals surface area (Å²) in [7, 11) is 0. The molecule has 0 saturated carbocycles. The van der Waals surface area contributed by atoms with Crippen molar-refractivity contribution in [3.05, 3.63) is 101 Å². The second kappa shape index (κ2) is 16.5. The van der Waals surface area contributed by atoms with Crippen molar-refractivity contribution in [2.75, 3.05) is 31.1 Å². The number of aryl methyl sites for hydroxylation is 1. The minimum absolute atomic E-state index is 0. The zero-order valence-electron chi connectivity index (χ0n) is 23.0. The lowest BCUT2D eigenvalue weighted by molar-refractivity contribution is 0.0949. The molecule has 7 nitrogen and oxygen atoms in total. The molecule has 0 radical (unpaired) electrons. The van der Waals surface area contributed by atoms with Crippen LogP contribution in [0, 0.1) is 5.92 Å². The van der Waals surface area contributed by atoms with Crippen LogP contribution in [0.15, 0.2) is 90.1 Å². The normalized spacial score (nSPS) is 10.5. The zero-order valence-corrected chi connectivity index (χ0v) is 24.6. The number of ether oxygens (including phenoxy) is 1. The quantitative estimate of drug-likeness (QED) is 0.195. The van der Waals surface area contributed by atoms with Gasteiger partial charge in [-0.05, 0) is 72.7 Å². The summed E-state index contributed by atoms with van der Waals surface area (Å²) in [5, 5.41) is 4.65. The highest BCUT2D eigenvalue weighted by molar-refractivity contribution is 5.94. The molecular formula is C31H38Cl2N4O3. The van der Waals surface area contributed by atoms with Crippen molar-refractivity contribution < 1.29 is 9.53 Å². The van der Waals surface area contributed by atoms with E-state index in [2.05, 4.69) is 29.0 Å². The van der Waals surface area contributed by atoms with Gasteiger partial charge in [0, 0.05) is 61.4 Å². The lowest BCUT2D eigenvalue weighted by Gasteiger charge is -2.25. The van der Waals surface area contributed by atoms with Crippen LogP contribution in [0.5, 0.6) is 5.75 Å². The average molecular weight is 586 g/mol. The van der Waals surface area contributed by atoms with Crippen LogP contribution >= 0.6 is 24.8 Å². The van der Waals surface area contributed by atoms with Crippen LogP contribution in [-0.4, -0.2) is 41.7 Å². The molecule has 4 rings (SSSR count). The number of benzene rings is 2. The maximum absolute atomic E-state index is 12.8. The molecule has 2 heterocycles. The van der Waals surface area contributed by atoms with Gasteiger partial charge in [0.2, 0.25) is 0 Å². The number of pyridine rings is 2. The number of hydrogen-bond donors (Lipinski definition) is 1. The Kier molecular flexibility index (Phi) is 13.5. The van der Waals surface area contributed by atoms with Crippen LogP contribution < -0.4 is 20.5 Å². The Morgan fingerprint density at radius 1 is 0.950 bits per heavy atom. The highest BCUT2D eigenvalue weighted by Gasteiger charge is 2.09. The van der Waals surface area contributed by atoms with Gasteiger partial charge in [-0.3, -0.25) is 14.6 Å². The second-order valence-corrected chi connectivity index (χ2v) is 9.78. The first-order valence-electron chi connectivity index (χ1n) is 13.3. The highest BCUT2D eigenvalue weighted by atomic mass is 35.5. The van der Waals surface area contributed by atoms with Crippen molar-refractivity contribution in [3.63, 3.8) is 0 Å². The smallest absolute Gasteiger partial charge is 0.258 e. The SMILES string of the molecule is CC(C)CNC(=O)c1ccc(OCCCN(CCCn2ccc3ccccc3c2=O)c2ccncc2)cc1.Cl.Cl. The molecule has 0 atom stereocenters. The van der Waals surface area contributed by atoms with Gasteiger partial charge in [0.1, 0.15) is 5.75 Å². The van der Waals surface area contributed by atoms with Crippen LogP contribution in [0.4, 0.5) is 5.69 Å². The van der Waals surface area contributed by atoms with Crippen LogP contribution in [0.2, 0.25) is 0 Å². The summed E-state index contributed by atoms with van der Waals surface area (Å²) in [5.74, 6) is 1.09. The predicted molar refractivity (Wildman–Crippen MR) is 167 cm³/mol. The summed E-state index contributed by atoms with van der Waals surface area (Å²) in [4.78, 5) is 31.5. The number of carbonyl (C=O) groups is 1. The van der Waals surface area contributed by atoms with Crippen molar-refractivity contribution in [2.45, 2.75) is 33.2 Å². The van der Waals surface area contributed by atoms with E-state index in [4.69, 9.17) is 4.74 Å². The monoisotopic (exact) mass is 584 g/mol. The average Bonchev–Trinajstić information content (AvgIpc) is 2.95. The topological polar surface area (TPSA) is 76.5 Å². The lowest BCUT2D eigenvalue weighted by Crippen LogP contribution is -2.29. The summed E-state index contributed by atoms with van der Waals surface area (Å²) in [6.45, 7) is 7.63. The summed E-state index contributed by atoms with van der Waals surface area (Å²) in [6.07, 6.45) is 7.14. The van der Waals surface area contributed by atoms with Crippen LogP contribution in [0.25, 0.3) is 10.8 Å². The number of hydrogen-bond acceptors (Lipinski definition) is 5. The van der Waals surface area contributed by atoms with E-state index in [0.717, 1.165) is 48.1 Å². The zero-order chi connectivity index (χ0) is 26.7. The number of nitrogens with one attached hydrogen (secondary N) is 1. The first-order valence-corrected chi connectivity index (χ1v) is 13.3. The number of halogens is 2. The van der Waals surface area contributed by atoms with E-state index >= 15 is 0 Å². The standard InChI is InChI=1S/C31H36N4O3.2ClH/c1-24(2)23-33-30(36)26-9-11-28(12-10-26)38-22-6-20-34(27-13-16-32-17-14-27)18-5-19-35-21-15-25-7-3-4-8-29(25)31(35)37;;/h3-4,7-17,21,24H,5-6,18-20,22-23H2,1-2H3,(H,33,36);2*1H. The molecule has 1 N–H and O–H groups in total. The predicted octanol–water partition coefficient (Wildman–Crippen LogP) is 5.99. The van der Waals surface area contributed by atoms with Gasteiger partial charge in [0.05, 0.1) is 6.61 Å². The molecule has 40 heavy (non-hydrogen) atoms. The Morgan fingerprint density at radius 2 is 1.65 bits per heavy atom. The van der Waals surface area contributed by atoms with E-state index in [0.29, 0.717) is 31.2 Å². The Bertz CT molecular complexity index is 1380. The Balaban J connectivity index is 0.00000280. The van der Waals surface area contributed by atoms with Gasteiger partial charge in [-0.15, -0.1) is 24.8 Å². The minimum atomic E-state index is -0.0656. The third-order valence-electron chi connectivity index (χ3n) is 6.37. The molecule has 2 aromatic carbocycles. The lowest BCUT2D eigenvalue weighted by atomic mass is 10.2. The molecule has 0 aliphatic heterocycles. The van der Waals surface area contributed by atoms with E-state index in [1.54, 1.807) is 29.1 Å². The fraction of sp³-hybridized carbons (Fsp3) is 0.323. The van der Waals surface area contributed by atoms with E-state index in [-0.39, 0.29) is 36.3 Å². The maximum Gasteiger partial charge on any atom is 0.258 e. The fourth-order valence-electron chi connectivity index (χ4n) is 4.31. The first-order chi connectivity index (χ1) is 18.5. The second-order valence-electron chi connectivity index (χ2n) is 9.78. The van der Waals surface area contributed by atoms with Gasteiger partial charge in [0.25, 0.3) is 11.5 Å². The highest BCUT2D eigenvalue weighted by Crippen LogP contribution is 2.16. The van der Waals surface area contributed by atoms with E-state index in [9.17, 15) is 9.59 Å². The van der Waals surface area contributed by atoms with Crippen LogP contribution in [0.1, 0.15) is 37.0 Å². The molecule has 0 bridgehead atoms. The minimum Gasteiger partial charge on any atom is -0.494 e. The molecule has 9 heteroatoms.